The maximum absolute atomic E-state index is 12.9. The van der Waals surface area contributed by atoms with E-state index in [0.29, 0.717) is 5.75 Å². The summed E-state index contributed by atoms with van der Waals surface area (Å²) in [5, 5.41) is 2.64. The van der Waals surface area contributed by atoms with Crippen LogP contribution in [0.25, 0.3) is 0 Å². The van der Waals surface area contributed by atoms with Crippen molar-refractivity contribution in [1.29, 1.82) is 0 Å². The fraction of sp³-hybridized carbons (Fsp3) is 0.278. The van der Waals surface area contributed by atoms with Gasteiger partial charge >= 0.3 is 0 Å². The molecule has 0 saturated heterocycles. The van der Waals surface area contributed by atoms with Gasteiger partial charge in [-0.15, -0.1) is 0 Å². The van der Waals surface area contributed by atoms with Gasteiger partial charge in [-0.25, -0.2) is 12.8 Å². The van der Waals surface area contributed by atoms with E-state index in [0.717, 1.165) is 9.87 Å². The Labute approximate surface area is 152 Å². The quantitative estimate of drug-likeness (QED) is 0.762. The maximum Gasteiger partial charge on any atom is 0.243 e. The zero-order valence-corrected chi connectivity index (χ0v) is 15.4. The van der Waals surface area contributed by atoms with Gasteiger partial charge in [-0.3, -0.25) is 4.79 Å². The molecule has 26 heavy (non-hydrogen) atoms. The first kappa shape index (κ1) is 19.9. The number of ether oxygens (including phenoxy) is 1. The number of nitrogens with zero attached hydrogens (tertiary/aromatic N) is 1. The van der Waals surface area contributed by atoms with Crippen molar-refractivity contribution in [3.8, 4) is 5.75 Å². The standard InChI is InChI=1S/C18H21FN2O4S/c1-3-21(26(23,24)17-10-8-16(25-2)9-11-17)13-18(22)20-12-14-4-6-15(19)7-5-14/h4-11H,3,12-13H2,1-2H3,(H,20,22). The lowest BCUT2D eigenvalue weighted by Gasteiger charge is -2.20. The molecular weight excluding hydrogens is 359 g/mol. The summed E-state index contributed by atoms with van der Waals surface area (Å²) in [6.07, 6.45) is 0. The first-order valence-electron chi connectivity index (χ1n) is 8.02. The Morgan fingerprint density at radius 2 is 1.73 bits per heavy atom. The van der Waals surface area contributed by atoms with E-state index >= 15 is 0 Å². The number of hydrogen-bond donors (Lipinski definition) is 1. The van der Waals surface area contributed by atoms with Crippen molar-refractivity contribution in [2.75, 3.05) is 20.2 Å². The molecule has 0 bridgehead atoms. The van der Waals surface area contributed by atoms with Gasteiger partial charge in [0.25, 0.3) is 0 Å². The third-order valence-electron chi connectivity index (χ3n) is 3.77. The van der Waals surface area contributed by atoms with Crippen molar-refractivity contribution >= 4 is 15.9 Å². The molecule has 140 valence electrons. The number of nitrogens with one attached hydrogen (secondary N) is 1. The second-order valence-corrected chi connectivity index (χ2v) is 7.45. The monoisotopic (exact) mass is 380 g/mol. The molecule has 0 aliphatic carbocycles. The van der Waals surface area contributed by atoms with Crippen molar-refractivity contribution in [2.45, 2.75) is 18.4 Å². The molecule has 8 heteroatoms. The van der Waals surface area contributed by atoms with Crippen molar-refractivity contribution in [3.63, 3.8) is 0 Å². The molecule has 1 amide bonds. The SMILES string of the molecule is CCN(CC(=O)NCc1ccc(F)cc1)S(=O)(=O)c1ccc(OC)cc1. The van der Waals surface area contributed by atoms with E-state index in [2.05, 4.69) is 5.32 Å². The van der Waals surface area contributed by atoms with Crippen molar-refractivity contribution < 1.29 is 22.3 Å². The molecule has 0 aliphatic heterocycles. The number of halogens is 1. The second kappa shape index (κ2) is 8.77. The molecular formula is C18H21FN2O4S. The van der Waals surface area contributed by atoms with Gasteiger partial charge in [-0.2, -0.15) is 4.31 Å². The predicted molar refractivity (Wildman–Crippen MR) is 95.7 cm³/mol. The van der Waals surface area contributed by atoms with Crippen LogP contribution < -0.4 is 10.1 Å². The summed E-state index contributed by atoms with van der Waals surface area (Å²) in [6, 6.07) is 11.7. The maximum atomic E-state index is 12.9. The van der Waals surface area contributed by atoms with Crippen LogP contribution in [-0.2, 0) is 21.4 Å². The summed E-state index contributed by atoms with van der Waals surface area (Å²) in [5.41, 5.74) is 0.723. The first-order chi connectivity index (χ1) is 12.4. The summed E-state index contributed by atoms with van der Waals surface area (Å²) in [7, 11) is -2.30. The number of amides is 1. The summed E-state index contributed by atoms with van der Waals surface area (Å²) >= 11 is 0. The summed E-state index contributed by atoms with van der Waals surface area (Å²) < 4.78 is 44.3. The number of carbonyl (C=O) groups is 1. The van der Waals surface area contributed by atoms with E-state index in [-0.39, 0.29) is 30.3 Å². The normalized spacial score (nSPS) is 11.4. The highest BCUT2D eigenvalue weighted by atomic mass is 32.2. The highest BCUT2D eigenvalue weighted by molar-refractivity contribution is 7.89. The van der Waals surface area contributed by atoms with Crippen molar-refractivity contribution in [1.82, 2.24) is 9.62 Å². The molecule has 1 N–H and O–H groups in total. The number of likely N-dealkylation sites (N-methyl/N-ethyl adjacent to an activating group) is 1. The van der Waals surface area contributed by atoms with Crippen LogP contribution in [-0.4, -0.2) is 38.8 Å². The van der Waals surface area contributed by atoms with Crippen LogP contribution >= 0.6 is 0 Å². The Kier molecular flexibility index (Phi) is 6.70. The third-order valence-corrected chi connectivity index (χ3v) is 5.71. The highest BCUT2D eigenvalue weighted by Gasteiger charge is 2.25. The van der Waals surface area contributed by atoms with Gasteiger partial charge in [0.2, 0.25) is 15.9 Å². The molecule has 6 nitrogen and oxygen atoms in total. The molecule has 0 atom stereocenters. The fourth-order valence-corrected chi connectivity index (χ4v) is 3.69. The van der Waals surface area contributed by atoms with Crippen molar-refractivity contribution in [2.24, 2.45) is 0 Å². The summed E-state index contributed by atoms with van der Waals surface area (Å²) in [6.45, 7) is 1.71. The number of rotatable bonds is 8. The number of benzene rings is 2. The second-order valence-electron chi connectivity index (χ2n) is 5.51. The Balaban J connectivity index is 2.01. The summed E-state index contributed by atoms with van der Waals surface area (Å²) in [5.74, 6) is -0.250. The largest absolute Gasteiger partial charge is 0.497 e. The van der Waals surface area contributed by atoms with Crippen LogP contribution in [0.15, 0.2) is 53.4 Å². The van der Waals surface area contributed by atoms with Gasteiger partial charge in [-0.1, -0.05) is 19.1 Å². The van der Waals surface area contributed by atoms with Gasteiger partial charge in [0.1, 0.15) is 11.6 Å². The number of sulfonamides is 1. The molecule has 0 radical (unpaired) electrons. The zero-order valence-electron chi connectivity index (χ0n) is 14.6. The highest BCUT2D eigenvalue weighted by Crippen LogP contribution is 2.19. The van der Waals surface area contributed by atoms with Crippen molar-refractivity contribution in [3.05, 3.63) is 59.9 Å². The first-order valence-corrected chi connectivity index (χ1v) is 9.46. The van der Waals surface area contributed by atoms with E-state index in [1.54, 1.807) is 31.2 Å². The van der Waals surface area contributed by atoms with Gasteiger partial charge in [0.05, 0.1) is 18.6 Å². The molecule has 2 rings (SSSR count). The minimum atomic E-state index is -3.79. The zero-order chi connectivity index (χ0) is 19.2. The minimum Gasteiger partial charge on any atom is -0.497 e. The van der Waals surface area contributed by atoms with Gasteiger partial charge in [-0.05, 0) is 42.0 Å². The van der Waals surface area contributed by atoms with Crippen LogP contribution in [0.4, 0.5) is 4.39 Å². The molecule has 0 unspecified atom stereocenters. The molecule has 2 aromatic rings. The smallest absolute Gasteiger partial charge is 0.243 e. The van der Waals surface area contributed by atoms with Crippen LogP contribution in [0.1, 0.15) is 12.5 Å². The Bertz CT molecular complexity index is 836. The van der Waals surface area contributed by atoms with E-state index in [1.807, 2.05) is 0 Å². The molecule has 2 aromatic carbocycles. The van der Waals surface area contributed by atoms with E-state index in [4.69, 9.17) is 4.74 Å². The van der Waals surface area contributed by atoms with Crippen LogP contribution in [0.3, 0.4) is 0 Å². The Hall–Kier alpha value is -2.45. The van der Waals surface area contributed by atoms with E-state index in [9.17, 15) is 17.6 Å². The molecule has 0 aliphatic rings. The average molecular weight is 380 g/mol. The number of carbonyl (C=O) groups excluding carboxylic acids is 1. The van der Waals surface area contributed by atoms with E-state index in [1.165, 1.54) is 31.4 Å². The van der Waals surface area contributed by atoms with E-state index < -0.39 is 15.9 Å². The van der Waals surface area contributed by atoms with Gasteiger partial charge in [0, 0.05) is 13.1 Å². The molecule has 0 saturated carbocycles. The minimum absolute atomic E-state index is 0.0893. The van der Waals surface area contributed by atoms with Crippen LogP contribution in [0, 0.1) is 5.82 Å². The van der Waals surface area contributed by atoms with Gasteiger partial charge < -0.3 is 10.1 Å². The average Bonchev–Trinajstić information content (AvgIpc) is 2.65. The third kappa shape index (κ3) is 5.03. The van der Waals surface area contributed by atoms with Crippen LogP contribution in [0.2, 0.25) is 0 Å². The van der Waals surface area contributed by atoms with Gasteiger partial charge in [0.15, 0.2) is 0 Å². The topological polar surface area (TPSA) is 75.7 Å². The predicted octanol–water partition coefficient (Wildman–Crippen LogP) is 2.16. The lowest BCUT2D eigenvalue weighted by molar-refractivity contribution is -0.121. The fourth-order valence-electron chi connectivity index (χ4n) is 2.28. The number of methoxy groups -OCH3 is 1. The number of hydrogen-bond acceptors (Lipinski definition) is 4. The lowest BCUT2D eigenvalue weighted by atomic mass is 10.2. The molecule has 0 heterocycles. The molecule has 0 aromatic heterocycles. The Morgan fingerprint density at radius 3 is 2.27 bits per heavy atom. The molecule has 0 spiro atoms. The van der Waals surface area contributed by atoms with Crippen LogP contribution in [0.5, 0.6) is 5.75 Å². The Morgan fingerprint density at radius 1 is 1.12 bits per heavy atom. The molecule has 0 fully saturated rings. The summed E-state index contributed by atoms with van der Waals surface area (Å²) in [4.78, 5) is 12.2. The lowest BCUT2D eigenvalue weighted by Crippen LogP contribution is -2.40.